The van der Waals surface area contributed by atoms with Crippen molar-refractivity contribution in [2.75, 3.05) is 24.3 Å². The van der Waals surface area contributed by atoms with Gasteiger partial charge in [-0.1, -0.05) is 37.6 Å². The van der Waals surface area contributed by atoms with Gasteiger partial charge in [0.2, 0.25) is 11.8 Å². The van der Waals surface area contributed by atoms with Crippen LogP contribution in [0.15, 0.2) is 42.5 Å². The summed E-state index contributed by atoms with van der Waals surface area (Å²) in [6.45, 7) is 5.72. The molecule has 7 heteroatoms. The van der Waals surface area contributed by atoms with Crippen LogP contribution in [0, 0.1) is 5.92 Å². The van der Waals surface area contributed by atoms with Crippen LogP contribution < -0.4 is 20.7 Å². The van der Waals surface area contributed by atoms with Crippen LogP contribution in [-0.2, 0) is 9.59 Å². The lowest BCUT2D eigenvalue weighted by atomic mass is 9.96. The highest BCUT2D eigenvalue weighted by Crippen LogP contribution is 2.28. The number of halogens is 1. The van der Waals surface area contributed by atoms with E-state index in [1.54, 1.807) is 18.2 Å². The second-order valence-electron chi connectivity index (χ2n) is 6.80. The average Bonchev–Trinajstić information content (AvgIpc) is 2.63. The zero-order chi connectivity index (χ0) is 20.7. The number of nitrogens with one attached hydrogen (secondary N) is 3. The van der Waals surface area contributed by atoms with Gasteiger partial charge in [-0.15, -0.1) is 0 Å². The molecule has 0 radical (unpaired) electrons. The van der Waals surface area contributed by atoms with Gasteiger partial charge in [-0.2, -0.15) is 0 Å². The third-order valence-electron chi connectivity index (χ3n) is 4.17. The molecule has 1 atom stereocenters. The number of methoxy groups -OCH3 is 1. The maximum absolute atomic E-state index is 12.5. The lowest BCUT2D eigenvalue weighted by molar-refractivity contribution is -0.116. The molecule has 2 aromatic rings. The van der Waals surface area contributed by atoms with Crippen molar-refractivity contribution in [2.45, 2.75) is 26.8 Å². The number of rotatable bonds is 8. The van der Waals surface area contributed by atoms with Gasteiger partial charge in [0.1, 0.15) is 5.75 Å². The van der Waals surface area contributed by atoms with Gasteiger partial charge in [-0.05, 0) is 41.8 Å². The first-order valence-electron chi connectivity index (χ1n) is 9.04. The third-order valence-corrected chi connectivity index (χ3v) is 4.42. The predicted molar refractivity (Wildman–Crippen MR) is 113 cm³/mol. The Morgan fingerprint density at radius 2 is 1.75 bits per heavy atom. The Bertz CT molecular complexity index is 822. The number of hydrogen-bond donors (Lipinski definition) is 3. The second-order valence-corrected chi connectivity index (χ2v) is 7.24. The molecule has 2 rings (SSSR count). The average molecular weight is 404 g/mol. The fourth-order valence-corrected chi connectivity index (χ4v) is 3.02. The Balaban J connectivity index is 2.06. The number of benzene rings is 2. The molecular formula is C21H26ClN3O3. The van der Waals surface area contributed by atoms with E-state index in [0.717, 1.165) is 5.56 Å². The van der Waals surface area contributed by atoms with E-state index < -0.39 is 0 Å². The van der Waals surface area contributed by atoms with Crippen LogP contribution in [0.2, 0.25) is 5.02 Å². The van der Waals surface area contributed by atoms with Gasteiger partial charge in [-0.3, -0.25) is 9.59 Å². The number of carbonyl (C=O) groups is 2. The molecule has 0 aromatic heterocycles. The molecule has 0 saturated carbocycles. The molecule has 150 valence electrons. The summed E-state index contributed by atoms with van der Waals surface area (Å²) in [5.74, 6) is 0.400. The van der Waals surface area contributed by atoms with E-state index in [4.69, 9.17) is 16.3 Å². The van der Waals surface area contributed by atoms with Crippen molar-refractivity contribution in [1.82, 2.24) is 5.32 Å². The molecule has 0 fully saturated rings. The van der Waals surface area contributed by atoms with Crippen LogP contribution in [0.1, 0.15) is 32.4 Å². The number of carbonyl (C=O) groups excluding carboxylic acids is 2. The minimum Gasteiger partial charge on any atom is -0.495 e. The highest BCUT2D eigenvalue weighted by Gasteiger charge is 2.17. The van der Waals surface area contributed by atoms with Crippen molar-refractivity contribution in [3.63, 3.8) is 0 Å². The molecule has 28 heavy (non-hydrogen) atoms. The van der Waals surface area contributed by atoms with Crippen molar-refractivity contribution in [1.29, 1.82) is 0 Å². The zero-order valence-corrected chi connectivity index (χ0v) is 17.3. The van der Waals surface area contributed by atoms with Crippen molar-refractivity contribution in [3.05, 3.63) is 53.1 Å². The van der Waals surface area contributed by atoms with Crippen molar-refractivity contribution in [2.24, 2.45) is 5.92 Å². The molecule has 0 aliphatic carbocycles. The van der Waals surface area contributed by atoms with Gasteiger partial charge in [0.15, 0.2) is 0 Å². The summed E-state index contributed by atoms with van der Waals surface area (Å²) in [5.41, 5.74) is 2.14. The minimum absolute atomic E-state index is 0.00984. The molecule has 1 unspecified atom stereocenters. The van der Waals surface area contributed by atoms with E-state index in [1.807, 2.05) is 24.3 Å². The Morgan fingerprint density at radius 3 is 2.32 bits per heavy atom. The summed E-state index contributed by atoms with van der Waals surface area (Å²) >= 11 is 5.96. The quantitative estimate of drug-likeness (QED) is 0.616. The normalized spacial score (nSPS) is 11.8. The second kappa shape index (κ2) is 10.1. The first-order valence-corrected chi connectivity index (χ1v) is 9.42. The predicted octanol–water partition coefficient (Wildman–Crippen LogP) is 4.23. The highest BCUT2D eigenvalue weighted by atomic mass is 35.5. The first kappa shape index (κ1) is 21.7. The first-order chi connectivity index (χ1) is 13.3. The van der Waals surface area contributed by atoms with E-state index in [1.165, 1.54) is 14.0 Å². The van der Waals surface area contributed by atoms with Crippen LogP contribution in [0.25, 0.3) is 0 Å². The van der Waals surface area contributed by atoms with Crippen LogP contribution in [-0.4, -0.2) is 25.5 Å². The standard InChI is InChI=1S/C21H26ClN3O3/c1-13(2)21(15-5-7-16(22)8-6-15)23-12-20(27)25-18-11-17(24-14(3)26)9-10-19(18)28-4/h5-11,13,21,23H,12H2,1-4H3,(H,24,26)(H,25,27). The molecule has 0 saturated heterocycles. The van der Waals surface area contributed by atoms with Gasteiger partial charge in [0.25, 0.3) is 0 Å². The number of ether oxygens (including phenoxy) is 1. The van der Waals surface area contributed by atoms with Crippen molar-refractivity contribution < 1.29 is 14.3 Å². The maximum atomic E-state index is 12.5. The largest absolute Gasteiger partial charge is 0.495 e. The van der Waals surface area contributed by atoms with Gasteiger partial charge in [-0.25, -0.2) is 0 Å². The van der Waals surface area contributed by atoms with Crippen LogP contribution in [0.5, 0.6) is 5.75 Å². The van der Waals surface area contributed by atoms with Crippen LogP contribution >= 0.6 is 11.6 Å². The number of amides is 2. The van der Waals surface area contributed by atoms with Crippen molar-refractivity contribution in [3.8, 4) is 5.75 Å². The minimum atomic E-state index is -0.210. The molecule has 0 aliphatic heterocycles. The molecule has 0 heterocycles. The Kier molecular flexibility index (Phi) is 7.84. The summed E-state index contributed by atoms with van der Waals surface area (Å²) in [4.78, 5) is 23.7. The molecule has 3 N–H and O–H groups in total. The van der Waals surface area contributed by atoms with E-state index in [9.17, 15) is 9.59 Å². The van der Waals surface area contributed by atoms with Crippen LogP contribution in [0.3, 0.4) is 0 Å². The van der Waals surface area contributed by atoms with Crippen LogP contribution in [0.4, 0.5) is 11.4 Å². The highest BCUT2D eigenvalue weighted by molar-refractivity contribution is 6.30. The molecule has 0 spiro atoms. The Morgan fingerprint density at radius 1 is 1.07 bits per heavy atom. The number of hydrogen-bond acceptors (Lipinski definition) is 4. The SMILES string of the molecule is COc1ccc(NC(C)=O)cc1NC(=O)CNC(c1ccc(Cl)cc1)C(C)C. The lowest BCUT2D eigenvalue weighted by Gasteiger charge is -2.23. The van der Waals surface area contributed by atoms with Gasteiger partial charge >= 0.3 is 0 Å². The van der Waals surface area contributed by atoms with E-state index in [-0.39, 0.29) is 30.3 Å². The fraction of sp³-hybridized carbons (Fsp3) is 0.333. The maximum Gasteiger partial charge on any atom is 0.238 e. The molecule has 2 aromatic carbocycles. The summed E-state index contributed by atoms with van der Waals surface area (Å²) in [6.07, 6.45) is 0. The van der Waals surface area contributed by atoms with E-state index in [0.29, 0.717) is 22.1 Å². The summed E-state index contributed by atoms with van der Waals surface area (Å²) < 4.78 is 5.29. The van der Waals surface area contributed by atoms with Gasteiger partial charge in [0, 0.05) is 23.7 Å². The Labute approximate surface area is 170 Å². The summed E-state index contributed by atoms with van der Waals surface area (Å²) in [6, 6.07) is 12.7. The monoisotopic (exact) mass is 403 g/mol. The van der Waals surface area contributed by atoms with Crippen molar-refractivity contribution >= 4 is 34.8 Å². The lowest BCUT2D eigenvalue weighted by Crippen LogP contribution is -2.33. The zero-order valence-electron chi connectivity index (χ0n) is 16.5. The smallest absolute Gasteiger partial charge is 0.238 e. The van der Waals surface area contributed by atoms with E-state index in [2.05, 4.69) is 29.8 Å². The molecule has 0 aliphatic rings. The molecule has 6 nitrogen and oxygen atoms in total. The van der Waals surface area contributed by atoms with Gasteiger partial charge in [0.05, 0.1) is 19.3 Å². The molecule has 0 bridgehead atoms. The number of anilines is 2. The molecular weight excluding hydrogens is 378 g/mol. The summed E-state index contributed by atoms with van der Waals surface area (Å²) in [5, 5.41) is 9.49. The van der Waals surface area contributed by atoms with E-state index >= 15 is 0 Å². The summed E-state index contributed by atoms with van der Waals surface area (Å²) in [7, 11) is 1.52. The third kappa shape index (κ3) is 6.25. The fourth-order valence-electron chi connectivity index (χ4n) is 2.89. The Hall–Kier alpha value is -2.57. The molecule has 2 amide bonds. The van der Waals surface area contributed by atoms with Gasteiger partial charge < -0.3 is 20.7 Å². The topological polar surface area (TPSA) is 79.5 Å².